The molecule has 1 aliphatic heterocycles. The maximum Gasteiger partial charge on any atom is 0.412 e. The third-order valence-corrected chi connectivity index (χ3v) is 5.54. The fourth-order valence-electron chi connectivity index (χ4n) is 3.95. The number of carbonyl (C=O) groups is 2. The third kappa shape index (κ3) is 7.04. The number of rotatable bonds is 9. The van der Waals surface area contributed by atoms with Gasteiger partial charge < -0.3 is 20.3 Å². The van der Waals surface area contributed by atoms with Crippen LogP contribution >= 0.6 is 0 Å². The van der Waals surface area contributed by atoms with E-state index < -0.39 is 18.0 Å². The van der Waals surface area contributed by atoms with Gasteiger partial charge in [0.15, 0.2) is 0 Å². The molecule has 0 unspecified atom stereocenters. The largest absolute Gasteiger partial charge is 0.416 e. The average Bonchev–Trinajstić information content (AvgIpc) is 3.28. The van der Waals surface area contributed by atoms with Crippen LogP contribution in [0.5, 0.6) is 0 Å². The van der Waals surface area contributed by atoms with Crippen LogP contribution in [-0.2, 0) is 16.0 Å². The molecule has 2 atom stereocenters. The summed E-state index contributed by atoms with van der Waals surface area (Å²) in [4.78, 5) is 31.3. The number of hydrogen-bond donors (Lipinski definition) is 2. The van der Waals surface area contributed by atoms with Crippen molar-refractivity contribution in [1.82, 2.24) is 15.2 Å². The van der Waals surface area contributed by atoms with Crippen molar-refractivity contribution < 1.29 is 18.7 Å². The highest BCUT2D eigenvalue weighted by Crippen LogP contribution is 2.21. The summed E-state index contributed by atoms with van der Waals surface area (Å²) in [5.41, 5.74) is 0.879. The predicted molar refractivity (Wildman–Crippen MR) is 125 cm³/mol. The van der Waals surface area contributed by atoms with Gasteiger partial charge in [-0.3, -0.25) is 4.79 Å². The molecule has 3 rings (SSSR count). The number of allylic oxidation sites excluding steroid dienone is 1. The lowest BCUT2D eigenvalue weighted by molar-refractivity contribution is -0.132. The van der Waals surface area contributed by atoms with Gasteiger partial charge in [0, 0.05) is 37.8 Å². The number of ether oxygens (including phenoxy) is 1. The SMILES string of the molecule is C=C(C)OC(=O)N[C@@H](CC(=O)N1CCC[C@H]1CNc1ccc(C#N)cn1)Cc1ccccc1F. The lowest BCUT2D eigenvalue weighted by atomic mass is 10.0. The van der Waals surface area contributed by atoms with E-state index in [1.54, 1.807) is 42.2 Å². The lowest BCUT2D eigenvalue weighted by Gasteiger charge is -2.27. The van der Waals surface area contributed by atoms with Crippen molar-refractivity contribution in [3.05, 3.63) is 71.9 Å². The minimum Gasteiger partial charge on any atom is -0.416 e. The van der Waals surface area contributed by atoms with Gasteiger partial charge in [-0.1, -0.05) is 24.8 Å². The Morgan fingerprint density at radius 1 is 1.35 bits per heavy atom. The zero-order valence-electron chi connectivity index (χ0n) is 19.1. The molecule has 9 heteroatoms. The van der Waals surface area contributed by atoms with Crippen LogP contribution in [0, 0.1) is 17.1 Å². The monoisotopic (exact) mass is 465 g/mol. The number of likely N-dealkylation sites (tertiary alicyclic amines) is 1. The summed E-state index contributed by atoms with van der Waals surface area (Å²) in [5.74, 6) is 0.317. The smallest absolute Gasteiger partial charge is 0.412 e. The summed E-state index contributed by atoms with van der Waals surface area (Å²) in [6, 6.07) is 11.0. The number of benzene rings is 1. The first kappa shape index (κ1) is 24.7. The number of pyridine rings is 1. The van der Waals surface area contributed by atoms with Gasteiger partial charge in [0.25, 0.3) is 0 Å². The van der Waals surface area contributed by atoms with E-state index in [4.69, 9.17) is 10.00 Å². The average molecular weight is 466 g/mol. The Morgan fingerprint density at radius 3 is 2.82 bits per heavy atom. The summed E-state index contributed by atoms with van der Waals surface area (Å²) < 4.78 is 19.2. The normalized spacial score (nSPS) is 15.8. The first-order valence-electron chi connectivity index (χ1n) is 11.1. The fraction of sp³-hybridized carbons (Fsp3) is 0.360. The van der Waals surface area contributed by atoms with Gasteiger partial charge in [0.1, 0.15) is 17.7 Å². The van der Waals surface area contributed by atoms with Gasteiger partial charge in [0.2, 0.25) is 5.91 Å². The van der Waals surface area contributed by atoms with Gasteiger partial charge in [-0.2, -0.15) is 5.26 Å². The van der Waals surface area contributed by atoms with Gasteiger partial charge in [-0.05, 0) is 49.9 Å². The number of amides is 2. The third-order valence-electron chi connectivity index (χ3n) is 5.54. The first-order chi connectivity index (χ1) is 16.4. The highest BCUT2D eigenvalue weighted by Gasteiger charge is 2.30. The molecule has 2 aromatic rings. The topological polar surface area (TPSA) is 107 Å². The van der Waals surface area contributed by atoms with Crippen LogP contribution in [0.2, 0.25) is 0 Å². The summed E-state index contributed by atoms with van der Waals surface area (Å²) >= 11 is 0. The van der Waals surface area contributed by atoms with E-state index in [2.05, 4.69) is 22.2 Å². The second-order valence-electron chi connectivity index (χ2n) is 8.24. The highest BCUT2D eigenvalue weighted by atomic mass is 19.1. The fourth-order valence-corrected chi connectivity index (χ4v) is 3.95. The van der Waals surface area contributed by atoms with Crippen molar-refractivity contribution in [2.75, 3.05) is 18.4 Å². The number of nitrogens with zero attached hydrogens (tertiary/aromatic N) is 3. The van der Waals surface area contributed by atoms with Gasteiger partial charge >= 0.3 is 6.09 Å². The van der Waals surface area contributed by atoms with Crippen molar-refractivity contribution in [3.8, 4) is 6.07 Å². The number of hydrogen-bond acceptors (Lipinski definition) is 6. The maximum absolute atomic E-state index is 14.2. The molecule has 2 amide bonds. The minimum absolute atomic E-state index is 0.00520. The molecule has 0 radical (unpaired) electrons. The Hall–Kier alpha value is -3.93. The molecule has 1 fully saturated rings. The Balaban J connectivity index is 1.64. The van der Waals surface area contributed by atoms with Crippen LogP contribution in [0.15, 0.2) is 54.9 Å². The van der Waals surface area contributed by atoms with Crippen LogP contribution in [-0.4, -0.2) is 47.1 Å². The number of nitrogens with one attached hydrogen (secondary N) is 2. The van der Waals surface area contributed by atoms with Crippen LogP contribution < -0.4 is 10.6 Å². The van der Waals surface area contributed by atoms with Crippen LogP contribution in [0.3, 0.4) is 0 Å². The molecule has 8 nitrogen and oxygen atoms in total. The second kappa shape index (κ2) is 11.8. The Kier molecular flexibility index (Phi) is 8.57. The van der Waals surface area contributed by atoms with Crippen molar-refractivity contribution in [1.29, 1.82) is 5.26 Å². The molecule has 0 bridgehead atoms. The molecule has 1 aromatic carbocycles. The van der Waals surface area contributed by atoms with Crippen LogP contribution in [0.4, 0.5) is 15.0 Å². The quantitative estimate of drug-likeness (QED) is 0.546. The zero-order chi connectivity index (χ0) is 24.5. The van der Waals surface area contributed by atoms with Gasteiger partial charge in [-0.25, -0.2) is 14.2 Å². The van der Waals surface area contributed by atoms with E-state index in [0.717, 1.165) is 12.8 Å². The van der Waals surface area contributed by atoms with E-state index in [0.29, 0.717) is 30.0 Å². The number of halogens is 1. The summed E-state index contributed by atoms with van der Waals surface area (Å²) in [5, 5.41) is 14.8. The number of alkyl carbamates (subject to hydrolysis) is 1. The molecule has 0 spiro atoms. The molecule has 2 heterocycles. The van der Waals surface area contributed by atoms with E-state index in [1.807, 2.05) is 6.07 Å². The maximum atomic E-state index is 14.2. The molecular formula is C25H28FN5O3. The summed E-state index contributed by atoms with van der Waals surface area (Å²) in [6.07, 6.45) is 2.61. The molecule has 2 N–H and O–H groups in total. The minimum atomic E-state index is -0.729. The van der Waals surface area contributed by atoms with E-state index in [9.17, 15) is 14.0 Å². The molecular weight excluding hydrogens is 437 g/mol. The number of carbonyl (C=O) groups excluding carboxylic acids is 2. The highest BCUT2D eigenvalue weighted by molar-refractivity contribution is 5.78. The van der Waals surface area contributed by atoms with Crippen LogP contribution in [0.25, 0.3) is 0 Å². The number of nitriles is 1. The summed E-state index contributed by atoms with van der Waals surface area (Å²) in [6.45, 7) is 6.20. The van der Waals surface area contributed by atoms with Gasteiger partial charge in [-0.15, -0.1) is 0 Å². The Labute approximate surface area is 198 Å². The molecule has 1 aromatic heterocycles. The number of anilines is 1. The zero-order valence-corrected chi connectivity index (χ0v) is 19.1. The molecule has 178 valence electrons. The van der Waals surface area contributed by atoms with Crippen molar-refractivity contribution >= 4 is 17.8 Å². The molecule has 34 heavy (non-hydrogen) atoms. The lowest BCUT2D eigenvalue weighted by Crippen LogP contribution is -2.45. The van der Waals surface area contributed by atoms with Crippen molar-refractivity contribution in [2.45, 2.75) is 44.7 Å². The molecule has 0 aliphatic carbocycles. The van der Waals surface area contributed by atoms with Gasteiger partial charge in [0.05, 0.1) is 11.3 Å². The molecule has 1 aliphatic rings. The standard InChI is InChI=1S/C25H28FN5O3/c1-17(2)34-25(33)30-20(12-19-6-3-4-8-22(19)26)13-24(32)31-11-5-7-21(31)16-29-23-10-9-18(14-27)15-28-23/h3-4,6,8-10,15,20-21H,1,5,7,11-13,16H2,2H3,(H,28,29)(H,30,33)/t20-,21+/m1/s1. The van der Waals surface area contributed by atoms with Crippen molar-refractivity contribution in [3.63, 3.8) is 0 Å². The molecule has 1 saturated heterocycles. The molecule has 0 saturated carbocycles. The first-order valence-corrected chi connectivity index (χ1v) is 11.1. The second-order valence-corrected chi connectivity index (χ2v) is 8.24. The predicted octanol–water partition coefficient (Wildman–Crippen LogP) is 3.76. The Bertz CT molecular complexity index is 1070. The number of aromatic nitrogens is 1. The van der Waals surface area contributed by atoms with Crippen molar-refractivity contribution in [2.24, 2.45) is 0 Å². The Morgan fingerprint density at radius 2 is 2.15 bits per heavy atom. The van der Waals surface area contributed by atoms with Crippen LogP contribution in [0.1, 0.15) is 37.3 Å². The summed E-state index contributed by atoms with van der Waals surface area (Å²) in [7, 11) is 0. The van der Waals surface area contributed by atoms with E-state index in [-0.39, 0.29) is 30.5 Å². The van der Waals surface area contributed by atoms with E-state index in [1.165, 1.54) is 12.3 Å². The van der Waals surface area contributed by atoms with E-state index >= 15 is 0 Å².